The Morgan fingerprint density at radius 2 is 1.85 bits per heavy atom. The number of carboxylic acid groups (broad SMARTS) is 1. The van der Waals surface area contributed by atoms with Crippen molar-refractivity contribution in [3.63, 3.8) is 0 Å². The van der Waals surface area contributed by atoms with E-state index in [2.05, 4.69) is 37.8 Å². The molecule has 2 unspecified atom stereocenters. The maximum absolute atomic E-state index is 10.9. The van der Waals surface area contributed by atoms with Crippen LogP contribution in [0.15, 0.2) is 30.3 Å². The quantitative estimate of drug-likeness (QED) is 0.736. The Labute approximate surface area is 122 Å². The number of anilines is 1. The van der Waals surface area contributed by atoms with Crippen molar-refractivity contribution in [3.05, 3.63) is 30.3 Å². The van der Waals surface area contributed by atoms with E-state index in [1.807, 2.05) is 18.2 Å². The summed E-state index contributed by atoms with van der Waals surface area (Å²) in [6.45, 7) is 7.24. The van der Waals surface area contributed by atoms with E-state index in [4.69, 9.17) is 5.11 Å². The number of para-hydroxylation sites is 1. The third kappa shape index (κ3) is 5.24. The molecule has 0 heterocycles. The van der Waals surface area contributed by atoms with Crippen molar-refractivity contribution in [3.8, 4) is 0 Å². The second kappa shape index (κ2) is 8.62. The van der Waals surface area contributed by atoms with E-state index in [-0.39, 0.29) is 6.42 Å². The van der Waals surface area contributed by atoms with Gasteiger partial charge in [-0.2, -0.15) is 0 Å². The van der Waals surface area contributed by atoms with Gasteiger partial charge in [0.1, 0.15) is 0 Å². The number of rotatable bonds is 9. The maximum Gasteiger partial charge on any atom is 0.305 e. The summed E-state index contributed by atoms with van der Waals surface area (Å²) >= 11 is 0. The van der Waals surface area contributed by atoms with E-state index in [1.165, 1.54) is 0 Å². The lowest BCUT2D eigenvalue weighted by molar-refractivity contribution is -0.136. The maximum atomic E-state index is 10.9. The molecule has 0 aliphatic heterocycles. The normalized spacial score (nSPS) is 13.8. The smallest absolute Gasteiger partial charge is 0.305 e. The molecule has 0 fully saturated rings. The van der Waals surface area contributed by atoms with Crippen molar-refractivity contribution in [1.82, 2.24) is 0 Å². The summed E-state index contributed by atoms with van der Waals surface area (Å²) in [4.78, 5) is 13.2. The van der Waals surface area contributed by atoms with Gasteiger partial charge in [-0.3, -0.25) is 4.79 Å². The van der Waals surface area contributed by atoms with Gasteiger partial charge in [-0.15, -0.1) is 0 Å². The molecule has 1 aromatic carbocycles. The fraction of sp³-hybridized carbons (Fsp3) is 0.588. The highest BCUT2D eigenvalue weighted by molar-refractivity contribution is 5.67. The van der Waals surface area contributed by atoms with Crippen LogP contribution in [-0.2, 0) is 4.79 Å². The summed E-state index contributed by atoms with van der Waals surface area (Å²) in [7, 11) is 0. The van der Waals surface area contributed by atoms with Gasteiger partial charge in [0.25, 0.3) is 0 Å². The monoisotopic (exact) mass is 277 g/mol. The molecule has 0 amide bonds. The molecule has 112 valence electrons. The molecule has 0 saturated heterocycles. The molecule has 0 saturated carbocycles. The van der Waals surface area contributed by atoms with E-state index < -0.39 is 5.97 Å². The predicted octanol–water partition coefficient (Wildman–Crippen LogP) is 4.18. The first kappa shape index (κ1) is 16.5. The van der Waals surface area contributed by atoms with Crippen LogP contribution in [0.3, 0.4) is 0 Å². The minimum Gasteiger partial charge on any atom is -0.481 e. The fourth-order valence-electron chi connectivity index (χ4n) is 2.50. The highest BCUT2D eigenvalue weighted by Gasteiger charge is 2.20. The van der Waals surface area contributed by atoms with E-state index in [0.717, 1.165) is 24.9 Å². The van der Waals surface area contributed by atoms with Crippen molar-refractivity contribution in [2.75, 3.05) is 11.4 Å². The van der Waals surface area contributed by atoms with Crippen molar-refractivity contribution in [2.45, 2.75) is 52.5 Å². The van der Waals surface area contributed by atoms with Crippen LogP contribution in [0, 0.1) is 5.92 Å². The first-order chi connectivity index (χ1) is 9.58. The zero-order valence-electron chi connectivity index (χ0n) is 12.9. The van der Waals surface area contributed by atoms with Gasteiger partial charge in [0, 0.05) is 18.3 Å². The molecule has 0 aliphatic carbocycles. The fourth-order valence-corrected chi connectivity index (χ4v) is 2.50. The summed E-state index contributed by atoms with van der Waals surface area (Å²) in [6.07, 6.45) is 3.50. The van der Waals surface area contributed by atoms with Crippen LogP contribution in [-0.4, -0.2) is 23.7 Å². The van der Waals surface area contributed by atoms with Crippen LogP contribution < -0.4 is 4.90 Å². The van der Waals surface area contributed by atoms with Gasteiger partial charge in [0.2, 0.25) is 0 Å². The van der Waals surface area contributed by atoms with Gasteiger partial charge < -0.3 is 10.0 Å². The van der Waals surface area contributed by atoms with Gasteiger partial charge in [0.05, 0.1) is 6.42 Å². The third-order valence-electron chi connectivity index (χ3n) is 3.94. The number of nitrogens with zero attached hydrogens (tertiary/aromatic N) is 1. The van der Waals surface area contributed by atoms with Gasteiger partial charge in [0.15, 0.2) is 0 Å². The first-order valence-corrected chi connectivity index (χ1v) is 7.61. The standard InChI is InChI=1S/C17H27NO2/c1-4-14(3)13-15(5-2)18(12-11-17(19)20)16-9-7-6-8-10-16/h6-10,14-15H,4-5,11-13H2,1-3H3,(H,19,20). The minimum absolute atomic E-state index is 0.186. The van der Waals surface area contributed by atoms with Crippen LogP contribution in [0.2, 0.25) is 0 Å². The molecule has 3 nitrogen and oxygen atoms in total. The van der Waals surface area contributed by atoms with Gasteiger partial charge >= 0.3 is 5.97 Å². The average Bonchev–Trinajstić information content (AvgIpc) is 2.46. The molecule has 0 radical (unpaired) electrons. The Morgan fingerprint density at radius 1 is 1.20 bits per heavy atom. The number of aliphatic carboxylic acids is 1. The van der Waals surface area contributed by atoms with Crippen molar-refractivity contribution >= 4 is 11.7 Å². The van der Waals surface area contributed by atoms with Gasteiger partial charge in [-0.1, -0.05) is 45.4 Å². The number of benzene rings is 1. The minimum atomic E-state index is -0.732. The molecule has 20 heavy (non-hydrogen) atoms. The largest absolute Gasteiger partial charge is 0.481 e. The number of carboxylic acids is 1. The van der Waals surface area contributed by atoms with E-state index in [9.17, 15) is 4.79 Å². The summed E-state index contributed by atoms with van der Waals surface area (Å²) in [5, 5.41) is 8.97. The second-order valence-electron chi connectivity index (χ2n) is 5.48. The lowest BCUT2D eigenvalue weighted by Gasteiger charge is -2.34. The Hall–Kier alpha value is -1.51. The van der Waals surface area contributed by atoms with Crippen LogP contribution in [0.4, 0.5) is 5.69 Å². The highest BCUT2D eigenvalue weighted by atomic mass is 16.4. The second-order valence-corrected chi connectivity index (χ2v) is 5.48. The molecule has 0 spiro atoms. The Bertz CT molecular complexity index is 391. The molecule has 3 heteroatoms. The molecule has 2 atom stereocenters. The lowest BCUT2D eigenvalue weighted by Crippen LogP contribution is -2.37. The number of hydrogen-bond acceptors (Lipinski definition) is 2. The molecule has 1 N–H and O–H groups in total. The van der Waals surface area contributed by atoms with E-state index in [0.29, 0.717) is 18.5 Å². The van der Waals surface area contributed by atoms with Crippen molar-refractivity contribution in [2.24, 2.45) is 5.92 Å². The average molecular weight is 277 g/mol. The molecule has 1 rings (SSSR count). The predicted molar refractivity (Wildman–Crippen MR) is 84.2 cm³/mol. The lowest BCUT2D eigenvalue weighted by atomic mass is 9.96. The molecular formula is C17H27NO2. The highest BCUT2D eigenvalue weighted by Crippen LogP contribution is 2.24. The molecule has 1 aromatic rings. The zero-order valence-corrected chi connectivity index (χ0v) is 12.9. The molecule has 0 aromatic heterocycles. The van der Waals surface area contributed by atoms with E-state index >= 15 is 0 Å². The van der Waals surface area contributed by atoms with Crippen molar-refractivity contribution < 1.29 is 9.90 Å². The van der Waals surface area contributed by atoms with Gasteiger partial charge in [-0.05, 0) is 30.9 Å². The van der Waals surface area contributed by atoms with Crippen molar-refractivity contribution in [1.29, 1.82) is 0 Å². The first-order valence-electron chi connectivity index (χ1n) is 7.61. The Morgan fingerprint density at radius 3 is 2.35 bits per heavy atom. The third-order valence-corrected chi connectivity index (χ3v) is 3.94. The Kier molecular flexibility index (Phi) is 7.13. The summed E-state index contributed by atoms with van der Waals surface area (Å²) in [5.74, 6) is -0.0692. The van der Waals surface area contributed by atoms with E-state index in [1.54, 1.807) is 0 Å². The molecule has 0 aliphatic rings. The summed E-state index contributed by atoms with van der Waals surface area (Å²) < 4.78 is 0. The number of hydrogen-bond donors (Lipinski definition) is 1. The van der Waals surface area contributed by atoms with Crippen LogP contribution in [0.1, 0.15) is 46.5 Å². The zero-order chi connectivity index (χ0) is 15.0. The van der Waals surface area contributed by atoms with Crippen LogP contribution in [0.5, 0.6) is 0 Å². The summed E-state index contributed by atoms with van der Waals surface area (Å²) in [5.41, 5.74) is 1.13. The summed E-state index contributed by atoms with van der Waals surface area (Å²) in [6, 6.07) is 10.6. The van der Waals surface area contributed by atoms with Crippen LogP contribution in [0.25, 0.3) is 0 Å². The topological polar surface area (TPSA) is 40.5 Å². The number of carbonyl (C=O) groups is 1. The Balaban J connectivity index is 2.86. The van der Waals surface area contributed by atoms with Crippen LogP contribution >= 0.6 is 0 Å². The van der Waals surface area contributed by atoms with Gasteiger partial charge in [-0.25, -0.2) is 0 Å². The molecular weight excluding hydrogens is 250 g/mol. The molecule has 0 bridgehead atoms. The SMILES string of the molecule is CCC(C)CC(CC)N(CCC(=O)O)c1ccccc1.